The third-order valence-corrected chi connectivity index (χ3v) is 6.82. The largest absolute Gasteiger partial charge is 0.490 e. The molecule has 218 valence electrons. The van der Waals surface area contributed by atoms with E-state index >= 15 is 0 Å². The summed E-state index contributed by atoms with van der Waals surface area (Å²) in [6.07, 6.45) is 1.96. The molecule has 0 spiro atoms. The zero-order chi connectivity index (χ0) is 28.5. The summed E-state index contributed by atoms with van der Waals surface area (Å²) in [5.41, 5.74) is 6.87. The van der Waals surface area contributed by atoms with Crippen LogP contribution < -0.4 is 21.1 Å². The third-order valence-electron chi connectivity index (χ3n) is 6.82. The number of nitrogens with two attached hydrogens (primary N) is 1. The van der Waals surface area contributed by atoms with Gasteiger partial charge in [-0.2, -0.15) is 0 Å². The molecular formula is C29H51N3O6. The van der Waals surface area contributed by atoms with Crippen LogP contribution in [-0.4, -0.2) is 69.3 Å². The van der Waals surface area contributed by atoms with Crippen molar-refractivity contribution in [3.05, 3.63) is 29.8 Å². The summed E-state index contributed by atoms with van der Waals surface area (Å²) < 4.78 is 15.8. The van der Waals surface area contributed by atoms with E-state index in [1.807, 2.05) is 19.9 Å². The van der Waals surface area contributed by atoms with E-state index in [0.717, 1.165) is 12.8 Å². The van der Waals surface area contributed by atoms with E-state index in [2.05, 4.69) is 31.4 Å². The van der Waals surface area contributed by atoms with Gasteiger partial charge in [-0.25, -0.2) is 0 Å². The quantitative estimate of drug-likeness (QED) is 0.148. The second kappa shape index (κ2) is 19.0. The highest BCUT2D eigenvalue weighted by Crippen LogP contribution is 2.24. The second-order valence-corrected chi connectivity index (χ2v) is 10.6. The van der Waals surface area contributed by atoms with E-state index in [-0.39, 0.29) is 42.3 Å². The zero-order valence-electron chi connectivity index (χ0n) is 24.2. The van der Waals surface area contributed by atoms with E-state index in [0.29, 0.717) is 50.5 Å². The first-order valence-corrected chi connectivity index (χ1v) is 13.9. The van der Waals surface area contributed by atoms with E-state index in [9.17, 15) is 14.7 Å². The molecule has 1 aromatic rings. The van der Waals surface area contributed by atoms with Crippen molar-refractivity contribution >= 4 is 11.8 Å². The first-order valence-electron chi connectivity index (χ1n) is 13.9. The predicted octanol–water partition coefficient (Wildman–Crippen LogP) is 3.34. The van der Waals surface area contributed by atoms with E-state index in [1.165, 1.54) is 0 Å². The van der Waals surface area contributed by atoms with Crippen molar-refractivity contribution in [3.8, 4) is 5.75 Å². The number of rotatable bonds is 20. The van der Waals surface area contributed by atoms with Crippen LogP contribution in [0, 0.1) is 23.7 Å². The molecule has 0 heterocycles. The van der Waals surface area contributed by atoms with Crippen molar-refractivity contribution in [2.45, 2.75) is 72.4 Å². The van der Waals surface area contributed by atoms with Gasteiger partial charge in [0.25, 0.3) is 5.91 Å². The molecule has 9 heteroatoms. The summed E-state index contributed by atoms with van der Waals surface area (Å²) >= 11 is 0. The molecule has 2 amide bonds. The number of aliphatic hydroxyl groups excluding tert-OH is 1. The fourth-order valence-corrected chi connectivity index (χ4v) is 4.19. The Morgan fingerprint density at radius 2 is 1.74 bits per heavy atom. The van der Waals surface area contributed by atoms with Gasteiger partial charge >= 0.3 is 0 Å². The summed E-state index contributed by atoms with van der Waals surface area (Å²) in [6.45, 7) is 12.1. The lowest BCUT2D eigenvalue weighted by molar-refractivity contribution is -0.127. The van der Waals surface area contributed by atoms with Gasteiger partial charge in [0.1, 0.15) is 19.1 Å². The SMILES string of the molecule is CCCCNC(=O)C(CC(O)C(N)CC(CNC(=O)c1ccccc1OCCOCOC)C(C)C)C(C)C. The summed E-state index contributed by atoms with van der Waals surface area (Å²) in [6, 6.07) is 6.57. The van der Waals surface area contributed by atoms with E-state index in [1.54, 1.807) is 25.3 Å². The Balaban J connectivity index is 2.70. The van der Waals surface area contributed by atoms with Crippen LogP contribution in [0.4, 0.5) is 0 Å². The smallest absolute Gasteiger partial charge is 0.255 e. The summed E-state index contributed by atoms with van der Waals surface area (Å²) in [7, 11) is 1.55. The van der Waals surface area contributed by atoms with Crippen molar-refractivity contribution < 1.29 is 28.9 Å². The lowest BCUT2D eigenvalue weighted by Crippen LogP contribution is -2.44. The number of benzene rings is 1. The maximum absolute atomic E-state index is 13.0. The molecule has 1 rings (SSSR count). The summed E-state index contributed by atoms with van der Waals surface area (Å²) in [5.74, 6) is 0.289. The Kier molecular flexibility index (Phi) is 16.9. The molecule has 0 bridgehead atoms. The summed E-state index contributed by atoms with van der Waals surface area (Å²) in [4.78, 5) is 25.7. The minimum atomic E-state index is -0.814. The van der Waals surface area contributed by atoms with Gasteiger partial charge in [0, 0.05) is 32.2 Å². The van der Waals surface area contributed by atoms with Crippen LogP contribution in [0.5, 0.6) is 5.75 Å². The molecule has 5 N–H and O–H groups in total. The number of ether oxygens (including phenoxy) is 3. The van der Waals surface area contributed by atoms with Gasteiger partial charge in [0.15, 0.2) is 0 Å². The minimum Gasteiger partial charge on any atom is -0.490 e. The Labute approximate surface area is 229 Å². The van der Waals surface area contributed by atoms with Crippen molar-refractivity contribution in [2.24, 2.45) is 29.4 Å². The number of hydrogen-bond donors (Lipinski definition) is 4. The van der Waals surface area contributed by atoms with Crippen molar-refractivity contribution in [2.75, 3.05) is 40.2 Å². The van der Waals surface area contributed by atoms with Crippen LogP contribution in [0.15, 0.2) is 24.3 Å². The number of hydrogen-bond acceptors (Lipinski definition) is 7. The van der Waals surface area contributed by atoms with Gasteiger partial charge in [-0.1, -0.05) is 53.2 Å². The van der Waals surface area contributed by atoms with E-state index < -0.39 is 12.1 Å². The minimum absolute atomic E-state index is 0.0292. The molecule has 38 heavy (non-hydrogen) atoms. The van der Waals surface area contributed by atoms with Crippen LogP contribution in [0.2, 0.25) is 0 Å². The second-order valence-electron chi connectivity index (χ2n) is 10.6. The predicted molar refractivity (Wildman–Crippen MR) is 150 cm³/mol. The van der Waals surface area contributed by atoms with Crippen LogP contribution >= 0.6 is 0 Å². The monoisotopic (exact) mass is 537 g/mol. The molecule has 0 aliphatic carbocycles. The molecular weight excluding hydrogens is 486 g/mol. The number of aliphatic hydroxyl groups is 1. The third kappa shape index (κ3) is 12.6. The number of amides is 2. The van der Waals surface area contributed by atoms with Crippen molar-refractivity contribution in [1.29, 1.82) is 0 Å². The van der Waals surface area contributed by atoms with Crippen LogP contribution in [-0.2, 0) is 14.3 Å². The van der Waals surface area contributed by atoms with Gasteiger partial charge in [-0.3, -0.25) is 9.59 Å². The van der Waals surface area contributed by atoms with Gasteiger partial charge in [0.05, 0.1) is 18.3 Å². The number of carbonyl (C=O) groups is 2. The molecule has 0 fully saturated rings. The molecule has 9 nitrogen and oxygen atoms in total. The lowest BCUT2D eigenvalue weighted by atomic mass is 9.83. The van der Waals surface area contributed by atoms with Crippen LogP contribution in [0.1, 0.15) is 70.7 Å². The van der Waals surface area contributed by atoms with Gasteiger partial charge in [-0.15, -0.1) is 0 Å². The highest BCUT2D eigenvalue weighted by atomic mass is 16.7. The Morgan fingerprint density at radius 3 is 2.37 bits per heavy atom. The van der Waals surface area contributed by atoms with Gasteiger partial charge < -0.3 is 35.7 Å². The van der Waals surface area contributed by atoms with Crippen LogP contribution in [0.3, 0.4) is 0 Å². The standard InChI is InChI=1S/C29H51N3O6/c1-7-8-13-31-29(35)24(21(4)5)17-26(33)25(30)16-22(20(2)3)18-32-28(34)23-11-9-10-12-27(23)38-15-14-37-19-36-6/h9-12,20-22,24-26,33H,7-8,13-19,30H2,1-6H3,(H,31,35)(H,32,34). The first-order chi connectivity index (χ1) is 18.1. The van der Waals surface area contributed by atoms with Gasteiger partial charge in [0.2, 0.25) is 5.91 Å². The zero-order valence-corrected chi connectivity index (χ0v) is 24.2. The number of carbonyl (C=O) groups excluding carboxylic acids is 2. The highest BCUT2D eigenvalue weighted by molar-refractivity contribution is 5.96. The maximum atomic E-state index is 13.0. The van der Waals surface area contributed by atoms with Crippen LogP contribution in [0.25, 0.3) is 0 Å². The average Bonchev–Trinajstić information content (AvgIpc) is 2.88. The molecule has 0 saturated heterocycles. The fourth-order valence-electron chi connectivity index (χ4n) is 4.19. The molecule has 4 atom stereocenters. The highest BCUT2D eigenvalue weighted by Gasteiger charge is 2.29. The maximum Gasteiger partial charge on any atom is 0.255 e. The molecule has 0 saturated carbocycles. The molecule has 0 aromatic heterocycles. The topological polar surface area (TPSA) is 132 Å². The van der Waals surface area contributed by atoms with E-state index in [4.69, 9.17) is 19.9 Å². The number of methoxy groups -OCH3 is 1. The lowest BCUT2D eigenvalue weighted by Gasteiger charge is -2.30. The molecule has 0 aliphatic rings. The Bertz CT molecular complexity index is 804. The average molecular weight is 538 g/mol. The fraction of sp³-hybridized carbons (Fsp3) is 0.724. The molecule has 1 aromatic carbocycles. The summed E-state index contributed by atoms with van der Waals surface area (Å²) in [5, 5.41) is 16.9. The normalized spacial score (nSPS) is 14.7. The number of unbranched alkanes of at least 4 members (excludes halogenated alkanes) is 1. The Morgan fingerprint density at radius 1 is 1.03 bits per heavy atom. The van der Waals surface area contributed by atoms with Crippen molar-refractivity contribution in [3.63, 3.8) is 0 Å². The Hall–Kier alpha value is -2.20. The van der Waals surface area contributed by atoms with Crippen molar-refractivity contribution in [1.82, 2.24) is 10.6 Å². The molecule has 0 radical (unpaired) electrons. The molecule has 4 unspecified atom stereocenters. The molecule has 0 aliphatic heterocycles. The number of para-hydroxylation sites is 1. The first kappa shape index (κ1) is 33.8. The number of nitrogens with one attached hydrogen (secondary N) is 2. The van der Waals surface area contributed by atoms with Gasteiger partial charge in [-0.05, 0) is 49.1 Å².